The molecule has 5 unspecified atom stereocenters. The van der Waals surface area contributed by atoms with Gasteiger partial charge in [-0.15, -0.1) is 11.3 Å². The highest BCUT2D eigenvalue weighted by molar-refractivity contribution is 7.09. The number of fused-ring (bicyclic) bond motifs is 16. The Labute approximate surface area is 377 Å². The number of thiophene rings is 1. The largest absolute Gasteiger partial charge is 0.484 e. The van der Waals surface area contributed by atoms with Crippen molar-refractivity contribution in [3.8, 4) is 16.9 Å². The number of benzene rings is 4. The van der Waals surface area contributed by atoms with Gasteiger partial charge in [0.05, 0.1) is 0 Å². The van der Waals surface area contributed by atoms with Crippen molar-refractivity contribution < 1.29 is 38.6 Å². The summed E-state index contributed by atoms with van der Waals surface area (Å²) in [5, 5.41) is 25.2. The van der Waals surface area contributed by atoms with Gasteiger partial charge >= 0.3 is 5.97 Å². The van der Waals surface area contributed by atoms with Crippen molar-refractivity contribution in [2.24, 2.45) is 5.92 Å². The Hall–Kier alpha value is -6.80. The molecule has 13 nitrogen and oxygen atoms in total. The Balaban J connectivity index is 1.33. The lowest BCUT2D eigenvalue weighted by molar-refractivity contribution is -0.141. The molecule has 0 saturated heterocycles. The molecule has 0 radical (unpaired) electrons. The zero-order valence-electron chi connectivity index (χ0n) is 36.2. The lowest BCUT2D eigenvalue weighted by atomic mass is 9.97. The topological polar surface area (TPSA) is 192 Å². The van der Waals surface area contributed by atoms with E-state index in [1.165, 1.54) is 23.8 Å². The third-order valence-corrected chi connectivity index (χ3v) is 11.8. The highest BCUT2D eigenvalue weighted by Crippen LogP contribution is 2.23. The van der Waals surface area contributed by atoms with Crippen LogP contribution in [-0.2, 0) is 60.9 Å². The summed E-state index contributed by atoms with van der Waals surface area (Å²) in [4.78, 5) is 82.8. The van der Waals surface area contributed by atoms with Gasteiger partial charge in [-0.05, 0) is 89.1 Å². The van der Waals surface area contributed by atoms with Crippen LogP contribution >= 0.6 is 11.3 Å². The molecule has 0 fully saturated rings. The summed E-state index contributed by atoms with van der Waals surface area (Å²) < 4.78 is 5.76. The lowest BCUT2D eigenvalue weighted by Crippen LogP contribution is -2.59. The van der Waals surface area contributed by atoms with Crippen molar-refractivity contribution in [3.05, 3.63) is 148 Å². The van der Waals surface area contributed by atoms with E-state index in [0.29, 0.717) is 23.7 Å². The molecule has 5 atom stereocenters. The average Bonchev–Trinajstić information content (AvgIpc) is 3.80. The minimum Gasteiger partial charge on any atom is -0.484 e. The number of hydrogen-bond acceptors (Lipinski definition) is 8. The summed E-state index contributed by atoms with van der Waals surface area (Å²) in [6.07, 6.45) is 1.62. The number of hydrogen-bond donors (Lipinski definition) is 6. The van der Waals surface area contributed by atoms with Crippen molar-refractivity contribution in [1.82, 2.24) is 26.6 Å². The second-order valence-electron chi connectivity index (χ2n) is 16.5. The lowest BCUT2D eigenvalue weighted by Gasteiger charge is -2.27. The third kappa shape index (κ3) is 13.9. The standard InChI is InChI=1S/C50H55N5O8S/c1-31(2)26-34-11-18-37(19-12-34)38-20-13-35(14-21-38)27-43-48(59)53-41(24-17-33-8-5-4-6-9-33)46(57)54-42(47(58)51-32(3)50(61)62)28-36-15-22-39(23-16-36)63-30-45(56)52-44(49(60)55-43)29-40-10-7-25-64-40/h4-16,18-23,25,31-32,41-44H,17,24,26-30H2,1-3H3,(H,51,58)(H,52,56)(H,53,59)(H,54,57)(H,55,60)(H,61,62). The second kappa shape index (κ2) is 22.5. The number of carboxylic acids is 1. The molecule has 2 aliphatic rings. The molecule has 6 N–H and O–H groups in total. The number of amides is 5. The third-order valence-electron chi connectivity index (χ3n) is 10.9. The first kappa shape index (κ1) is 46.7. The maximum Gasteiger partial charge on any atom is 0.325 e. The van der Waals surface area contributed by atoms with Crippen molar-refractivity contribution >= 4 is 46.8 Å². The predicted molar refractivity (Wildman–Crippen MR) is 246 cm³/mol. The van der Waals surface area contributed by atoms with E-state index >= 15 is 0 Å². The summed E-state index contributed by atoms with van der Waals surface area (Å²) >= 11 is 1.42. The van der Waals surface area contributed by atoms with E-state index in [1.54, 1.807) is 24.3 Å². The molecular formula is C50H55N5O8S. The van der Waals surface area contributed by atoms with Crippen molar-refractivity contribution in [3.63, 3.8) is 0 Å². The van der Waals surface area contributed by atoms with Gasteiger partial charge in [-0.1, -0.05) is 111 Å². The van der Waals surface area contributed by atoms with Crippen LogP contribution in [0.25, 0.3) is 11.1 Å². The zero-order valence-corrected chi connectivity index (χ0v) is 37.0. The van der Waals surface area contributed by atoms with Gasteiger partial charge in [0.15, 0.2) is 6.61 Å². The van der Waals surface area contributed by atoms with Gasteiger partial charge in [-0.25, -0.2) is 0 Å². The first-order chi connectivity index (χ1) is 30.8. The summed E-state index contributed by atoms with van der Waals surface area (Å²) in [6.45, 7) is 5.26. The molecular weight excluding hydrogens is 831 g/mol. The van der Waals surface area contributed by atoms with Crippen LogP contribution in [0.4, 0.5) is 0 Å². The zero-order chi connectivity index (χ0) is 45.6. The maximum absolute atomic E-state index is 14.6. The van der Waals surface area contributed by atoms with Gasteiger partial charge in [0, 0.05) is 24.1 Å². The maximum atomic E-state index is 14.6. The van der Waals surface area contributed by atoms with Crippen LogP contribution in [0.3, 0.4) is 0 Å². The molecule has 0 aliphatic carbocycles. The minimum atomic E-state index is -1.26. The Morgan fingerprint density at radius 1 is 0.688 bits per heavy atom. The van der Waals surface area contributed by atoms with E-state index < -0.39 is 72.3 Å². The Morgan fingerprint density at radius 2 is 1.30 bits per heavy atom. The molecule has 3 heterocycles. The molecule has 64 heavy (non-hydrogen) atoms. The van der Waals surface area contributed by atoms with Crippen LogP contribution in [0.5, 0.6) is 5.75 Å². The molecule has 5 aromatic rings. The number of nitrogens with one attached hydrogen (secondary N) is 5. The molecule has 2 aliphatic heterocycles. The normalized spacial score (nSPS) is 19.1. The minimum absolute atomic E-state index is 0.0348. The molecule has 7 rings (SSSR count). The number of aryl methyl sites for hydroxylation is 1. The Bertz CT molecular complexity index is 2350. The van der Waals surface area contributed by atoms with E-state index in [0.717, 1.165) is 33.6 Å². The summed E-state index contributed by atoms with van der Waals surface area (Å²) in [5.74, 6) is -3.64. The molecule has 0 saturated carbocycles. The molecule has 14 heteroatoms. The highest BCUT2D eigenvalue weighted by atomic mass is 32.1. The fraction of sp³-hybridized carbons (Fsp3) is 0.320. The average molecular weight is 886 g/mol. The molecule has 4 aromatic carbocycles. The van der Waals surface area contributed by atoms with E-state index in [-0.39, 0.29) is 25.7 Å². The van der Waals surface area contributed by atoms with Crippen LogP contribution in [0, 0.1) is 5.92 Å². The van der Waals surface area contributed by atoms with Crippen LogP contribution in [0.2, 0.25) is 0 Å². The molecule has 1 aromatic heterocycles. The monoisotopic (exact) mass is 885 g/mol. The quantitative estimate of drug-likeness (QED) is 0.0871. The molecule has 334 valence electrons. The molecule has 2 bridgehead atoms. The summed E-state index contributed by atoms with van der Waals surface area (Å²) in [7, 11) is 0. The van der Waals surface area contributed by atoms with Crippen LogP contribution in [0.15, 0.2) is 121 Å². The SMILES string of the molecule is CC(C)Cc1ccc(-c2ccc(CC3NC(=O)C(Cc4cccs4)NC(=O)COc4ccc(cc4)CC(C(=O)NC(C)C(=O)O)NC(=O)C(CCc4ccccc4)NC3=O)cc2)cc1. The fourth-order valence-corrected chi connectivity index (χ4v) is 8.14. The summed E-state index contributed by atoms with van der Waals surface area (Å²) in [5.41, 5.74) is 5.48. The fourth-order valence-electron chi connectivity index (χ4n) is 7.39. The van der Waals surface area contributed by atoms with Gasteiger partial charge in [-0.3, -0.25) is 28.8 Å². The van der Waals surface area contributed by atoms with Gasteiger partial charge in [-0.2, -0.15) is 0 Å². The van der Waals surface area contributed by atoms with Crippen LogP contribution < -0.4 is 31.3 Å². The van der Waals surface area contributed by atoms with Gasteiger partial charge < -0.3 is 36.4 Å². The van der Waals surface area contributed by atoms with Gasteiger partial charge in [0.1, 0.15) is 36.0 Å². The number of ether oxygens (including phenoxy) is 1. The van der Waals surface area contributed by atoms with E-state index in [9.17, 15) is 33.9 Å². The number of carbonyl (C=O) groups excluding carboxylic acids is 5. The van der Waals surface area contributed by atoms with Crippen LogP contribution in [0.1, 0.15) is 54.3 Å². The van der Waals surface area contributed by atoms with Crippen LogP contribution in [-0.4, -0.2) is 77.4 Å². The first-order valence-corrected chi connectivity index (χ1v) is 22.4. The molecule has 0 spiro atoms. The van der Waals surface area contributed by atoms with Crippen molar-refractivity contribution in [2.75, 3.05) is 6.61 Å². The Morgan fingerprint density at radius 3 is 1.91 bits per heavy atom. The van der Waals surface area contributed by atoms with E-state index in [4.69, 9.17) is 4.74 Å². The second-order valence-corrected chi connectivity index (χ2v) is 17.5. The van der Waals surface area contributed by atoms with E-state index in [2.05, 4.69) is 64.7 Å². The van der Waals surface area contributed by atoms with Gasteiger partial charge in [0.2, 0.25) is 23.6 Å². The smallest absolute Gasteiger partial charge is 0.325 e. The van der Waals surface area contributed by atoms with Crippen molar-refractivity contribution in [1.29, 1.82) is 0 Å². The van der Waals surface area contributed by atoms with E-state index in [1.807, 2.05) is 72.1 Å². The van der Waals surface area contributed by atoms with Gasteiger partial charge in [0.25, 0.3) is 5.91 Å². The number of carboxylic acid groups (broad SMARTS) is 1. The molecule has 5 amide bonds. The first-order valence-electron chi connectivity index (χ1n) is 21.5. The van der Waals surface area contributed by atoms with Crippen molar-refractivity contribution in [2.45, 2.75) is 89.5 Å². The number of carbonyl (C=O) groups is 6. The summed E-state index contributed by atoms with van der Waals surface area (Å²) in [6, 6.07) is 29.7. The number of aliphatic carboxylic acids is 1. The predicted octanol–water partition coefficient (Wildman–Crippen LogP) is 5.20. The highest BCUT2D eigenvalue weighted by Gasteiger charge is 2.33. The Kier molecular flexibility index (Phi) is 16.4. The number of rotatable bonds is 13.